The van der Waals surface area contributed by atoms with E-state index in [0.717, 1.165) is 0 Å². The molecule has 0 aromatic carbocycles. The van der Waals surface area contributed by atoms with Gasteiger partial charge in [0.1, 0.15) is 0 Å². The standard InChI is InChI=1S/C10H20O8/c11-1-9(2-12,3-13)6-16-7-10(4-14,5-15)8-17-18-8/h8,11-15H,1-7H2. The van der Waals surface area contributed by atoms with Crippen molar-refractivity contribution in [3.63, 3.8) is 0 Å². The minimum absolute atomic E-state index is 0.0909. The third-order valence-corrected chi connectivity index (χ3v) is 3.13. The lowest BCUT2D eigenvalue weighted by molar-refractivity contribution is -0.0984. The van der Waals surface area contributed by atoms with Crippen LogP contribution in [0.4, 0.5) is 0 Å². The van der Waals surface area contributed by atoms with Crippen molar-refractivity contribution in [2.75, 3.05) is 46.2 Å². The van der Waals surface area contributed by atoms with E-state index in [-0.39, 0.29) is 13.2 Å². The van der Waals surface area contributed by atoms with Crippen LogP contribution in [0, 0.1) is 10.8 Å². The summed E-state index contributed by atoms with van der Waals surface area (Å²) in [5.74, 6) is 0. The molecule has 1 saturated heterocycles. The van der Waals surface area contributed by atoms with Crippen LogP contribution in [0.5, 0.6) is 0 Å². The second-order valence-electron chi connectivity index (χ2n) is 4.67. The van der Waals surface area contributed by atoms with Crippen LogP contribution in [-0.2, 0) is 14.5 Å². The van der Waals surface area contributed by atoms with Gasteiger partial charge in [-0.2, -0.15) is 9.78 Å². The van der Waals surface area contributed by atoms with Crippen LogP contribution in [0.2, 0.25) is 0 Å². The van der Waals surface area contributed by atoms with Gasteiger partial charge in [0.25, 0.3) is 0 Å². The van der Waals surface area contributed by atoms with Crippen molar-refractivity contribution in [1.29, 1.82) is 0 Å². The molecule has 0 radical (unpaired) electrons. The Bertz CT molecular complexity index is 226. The van der Waals surface area contributed by atoms with Gasteiger partial charge in [-0.3, -0.25) is 0 Å². The van der Waals surface area contributed by atoms with E-state index >= 15 is 0 Å². The molecule has 1 rings (SSSR count). The van der Waals surface area contributed by atoms with Gasteiger partial charge in [0, 0.05) is 0 Å². The maximum Gasteiger partial charge on any atom is 0.236 e. The normalized spacial score (nSPS) is 17.2. The van der Waals surface area contributed by atoms with E-state index in [1.165, 1.54) is 0 Å². The molecule has 0 amide bonds. The number of hydrogen-bond acceptors (Lipinski definition) is 8. The zero-order chi connectivity index (χ0) is 13.6. The molecule has 0 bridgehead atoms. The van der Waals surface area contributed by atoms with Crippen LogP contribution >= 0.6 is 0 Å². The maximum absolute atomic E-state index is 9.24. The van der Waals surface area contributed by atoms with Crippen LogP contribution in [0.15, 0.2) is 0 Å². The van der Waals surface area contributed by atoms with Crippen LogP contribution in [0.1, 0.15) is 0 Å². The van der Waals surface area contributed by atoms with Gasteiger partial charge in [-0.25, -0.2) is 0 Å². The third kappa shape index (κ3) is 3.37. The molecular weight excluding hydrogens is 248 g/mol. The van der Waals surface area contributed by atoms with Crippen molar-refractivity contribution >= 4 is 0 Å². The molecule has 8 heteroatoms. The first-order valence-electron chi connectivity index (χ1n) is 5.56. The van der Waals surface area contributed by atoms with E-state index < -0.39 is 50.2 Å². The summed E-state index contributed by atoms with van der Waals surface area (Å²) in [4.78, 5) is 9.14. The molecule has 5 N–H and O–H groups in total. The quantitative estimate of drug-likeness (QED) is 0.212. The monoisotopic (exact) mass is 268 g/mol. The molecule has 0 aliphatic carbocycles. The number of rotatable bonds is 10. The van der Waals surface area contributed by atoms with Gasteiger partial charge in [-0.1, -0.05) is 0 Å². The predicted octanol–water partition coefficient (Wildman–Crippen LogP) is -2.77. The fourth-order valence-electron chi connectivity index (χ4n) is 1.35. The molecule has 1 heterocycles. The number of aliphatic hydroxyl groups excluding tert-OH is 5. The summed E-state index contributed by atoms with van der Waals surface area (Å²) in [7, 11) is 0. The predicted molar refractivity (Wildman–Crippen MR) is 57.1 cm³/mol. The lowest BCUT2D eigenvalue weighted by Crippen LogP contribution is -2.44. The second-order valence-corrected chi connectivity index (χ2v) is 4.67. The average Bonchev–Trinajstić information content (AvgIpc) is 3.25. The van der Waals surface area contributed by atoms with Gasteiger partial charge in [0.05, 0.1) is 57.1 Å². The van der Waals surface area contributed by atoms with Crippen molar-refractivity contribution in [1.82, 2.24) is 0 Å². The molecule has 1 aliphatic heterocycles. The highest BCUT2D eigenvalue weighted by atomic mass is 17.4. The summed E-state index contributed by atoms with van der Waals surface area (Å²) in [6, 6.07) is 0. The number of hydrogen-bond donors (Lipinski definition) is 5. The molecule has 0 aromatic heterocycles. The Morgan fingerprint density at radius 1 is 0.778 bits per heavy atom. The minimum Gasteiger partial charge on any atom is -0.396 e. The van der Waals surface area contributed by atoms with E-state index in [9.17, 15) is 10.2 Å². The summed E-state index contributed by atoms with van der Waals surface area (Å²) in [5, 5.41) is 45.8. The summed E-state index contributed by atoms with van der Waals surface area (Å²) in [6.45, 7) is -2.35. The highest BCUT2D eigenvalue weighted by Crippen LogP contribution is 2.34. The highest BCUT2D eigenvalue weighted by Gasteiger charge is 2.50. The summed E-state index contributed by atoms with van der Waals surface area (Å²) in [6.07, 6.45) is -0.737. The fourth-order valence-corrected chi connectivity index (χ4v) is 1.35. The summed E-state index contributed by atoms with van der Waals surface area (Å²) >= 11 is 0. The van der Waals surface area contributed by atoms with Crippen molar-refractivity contribution in [3.8, 4) is 0 Å². The van der Waals surface area contributed by atoms with Gasteiger partial charge < -0.3 is 30.3 Å². The SMILES string of the molecule is OCC(CO)(CO)COCC(CO)(CO)C1OO1. The van der Waals surface area contributed by atoms with E-state index in [1.54, 1.807) is 0 Å². The molecule has 1 fully saturated rings. The Balaban J connectivity index is 2.47. The Labute approximate surface area is 104 Å². The van der Waals surface area contributed by atoms with Gasteiger partial charge in [-0.15, -0.1) is 0 Å². The summed E-state index contributed by atoms with van der Waals surface area (Å²) < 4.78 is 5.26. The zero-order valence-corrected chi connectivity index (χ0v) is 9.99. The molecule has 0 spiro atoms. The van der Waals surface area contributed by atoms with Crippen molar-refractivity contribution < 1.29 is 40.0 Å². The first-order chi connectivity index (χ1) is 8.62. The molecule has 8 nitrogen and oxygen atoms in total. The lowest BCUT2D eigenvalue weighted by Gasteiger charge is -2.30. The minimum atomic E-state index is -1.15. The van der Waals surface area contributed by atoms with Crippen LogP contribution in [0.3, 0.4) is 0 Å². The summed E-state index contributed by atoms with van der Waals surface area (Å²) in [5.41, 5.74) is -2.24. The molecule has 108 valence electrons. The number of ether oxygens (including phenoxy) is 1. The van der Waals surface area contributed by atoms with Gasteiger partial charge >= 0.3 is 0 Å². The first kappa shape index (κ1) is 15.7. The van der Waals surface area contributed by atoms with Crippen LogP contribution in [0.25, 0.3) is 0 Å². The highest BCUT2D eigenvalue weighted by molar-refractivity contribution is 4.85. The Morgan fingerprint density at radius 3 is 1.61 bits per heavy atom. The van der Waals surface area contributed by atoms with E-state index in [2.05, 4.69) is 9.78 Å². The molecule has 18 heavy (non-hydrogen) atoms. The largest absolute Gasteiger partial charge is 0.396 e. The van der Waals surface area contributed by atoms with Gasteiger partial charge in [-0.05, 0) is 0 Å². The zero-order valence-electron chi connectivity index (χ0n) is 9.99. The van der Waals surface area contributed by atoms with Gasteiger partial charge in [0.15, 0.2) is 0 Å². The third-order valence-electron chi connectivity index (χ3n) is 3.13. The van der Waals surface area contributed by atoms with Crippen molar-refractivity contribution in [3.05, 3.63) is 0 Å². The van der Waals surface area contributed by atoms with E-state index in [0.29, 0.717) is 0 Å². The second kappa shape index (κ2) is 6.73. The Kier molecular flexibility index (Phi) is 5.89. The molecule has 0 unspecified atom stereocenters. The number of aliphatic hydroxyl groups is 5. The molecule has 0 atom stereocenters. The van der Waals surface area contributed by atoms with Crippen LogP contribution < -0.4 is 0 Å². The first-order valence-corrected chi connectivity index (χ1v) is 5.56. The van der Waals surface area contributed by atoms with E-state index in [4.69, 9.17) is 20.1 Å². The Morgan fingerprint density at radius 2 is 1.28 bits per heavy atom. The maximum atomic E-state index is 9.24. The lowest BCUT2D eigenvalue weighted by atomic mass is 9.90. The van der Waals surface area contributed by atoms with E-state index in [1.807, 2.05) is 0 Å². The molecule has 1 aliphatic rings. The van der Waals surface area contributed by atoms with Crippen LogP contribution in [-0.4, -0.2) is 78.1 Å². The Hall–Kier alpha value is -0.320. The fraction of sp³-hybridized carbons (Fsp3) is 1.00. The van der Waals surface area contributed by atoms with Gasteiger partial charge in [0.2, 0.25) is 6.29 Å². The van der Waals surface area contributed by atoms with Crippen molar-refractivity contribution in [2.45, 2.75) is 6.29 Å². The molecule has 0 saturated carbocycles. The van der Waals surface area contributed by atoms with Crippen molar-refractivity contribution in [2.24, 2.45) is 10.8 Å². The molecule has 0 aromatic rings. The molecular formula is C10H20O8. The topological polar surface area (TPSA) is 135 Å². The average molecular weight is 268 g/mol. The smallest absolute Gasteiger partial charge is 0.236 e.